The summed E-state index contributed by atoms with van der Waals surface area (Å²) in [7, 11) is -3.99. The highest BCUT2D eigenvalue weighted by molar-refractivity contribution is 7.92. The van der Waals surface area contributed by atoms with E-state index in [2.05, 4.69) is 10.0 Å². The van der Waals surface area contributed by atoms with Crippen molar-refractivity contribution in [3.8, 4) is 11.5 Å². The van der Waals surface area contributed by atoms with E-state index in [1.807, 2.05) is 13.8 Å². The second-order valence-corrected chi connectivity index (χ2v) is 9.68. The van der Waals surface area contributed by atoms with Crippen LogP contribution in [0.1, 0.15) is 35.3 Å². The Morgan fingerprint density at radius 1 is 1.00 bits per heavy atom. The lowest BCUT2D eigenvalue weighted by Crippen LogP contribution is -2.30. The number of hydrogen-bond donors (Lipinski definition) is 3. The Balaban J connectivity index is 2.01. The molecule has 0 heterocycles. The lowest BCUT2D eigenvalue weighted by atomic mass is 10.1. The molecule has 0 spiro atoms. The first-order valence-electron chi connectivity index (χ1n) is 10.6. The van der Waals surface area contributed by atoms with Gasteiger partial charge in [-0.15, -0.1) is 0 Å². The van der Waals surface area contributed by atoms with Crippen LogP contribution in [0.3, 0.4) is 0 Å². The molecule has 3 rings (SSSR count). The lowest BCUT2D eigenvalue weighted by molar-refractivity contribution is -0.136. The molecule has 0 aliphatic carbocycles. The zero-order chi connectivity index (χ0) is 24.9. The van der Waals surface area contributed by atoms with Gasteiger partial charge in [0.1, 0.15) is 5.75 Å². The summed E-state index contributed by atoms with van der Waals surface area (Å²) in [5.74, 6) is -0.856. The molecule has 0 fully saturated rings. The minimum Gasteiger partial charge on any atom is -0.481 e. The van der Waals surface area contributed by atoms with Crippen LogP contribution in [0.15, 0.2) is 71.6 Å². The maximum Gasteiger partial charge on any atom is 0.307 e. The van der Waals surface area contributed by atoms with Crippen molar-refractivity contribution >= 4 is 27.6 Å². The van der Waals surface area contributed by atoms with Crippen LogP contribution in [0.2, 0.25) is 0 Å². The molecule has 3 aromatic carbocycles. The van der Waals surface area contributed by atoms with Crippen LogP contribution in [0.25, 0.3) is 0 Å². The third-order valence-electron chi connectivity index (χ3n) is 4.77. The van der Waals surface area contributed by atoms with Gasteiger partial charge in [-0.2, -0.15) is 0 Å². The second-order valence-electron chi connectivity index (χ2n) is 8.03. The van der Waals surface area contributed by atoms with Crippen LogP contribution in [-0.2, 0) is 21.2 Å². The molecule has 3 aromatic rings. The van der Waals surface area contributed by atoms with Gasteiger partial charge in [0.15, 0.2) is 5.75 Å². The summed E-state index contributed by atoms with van der Waals surface area (Å²) in [5, 5.41) is 11.8. The number of benzene rings is 3. The van der Waals surface area contributed by atoms with E-state index in [9.17, 15) is 18.0 Å². The quantitative estimate of drug-likeness (QED) is 0.417. The van der Waals surface area contributed by atoms with Crippen LogP contribution in [0.5, 0.6) is 11.5 Å². The summed E-state index contributed by atoms with van der Waals surface area (Å²) in [6.07, 6.45) is -0.182. The van der Waals surface area contributed by atoms with Gasteiger partial charge in [-0.1, -0.05) is 30.3 Å². The average Bonchev–Trinajstić information content (AvgIpc) is 2.74. The van der Waals surface area contributed by atoms with Crippen molar-refractivity contribution in [1.29, 1.82) is 0 Å². The molecule has 0 aromatic heterocycles. The van der Waals surface area contributed by atoms with E-state index in [1.165, 1.54) is 24.3 Å². The highest BCUT2D eigenvalue weighted by Gasteiger charge is 2.20. The summed E-state index contributed by atoms with van der Waals surface area (Å²) >= 11 is 0. The number of anilines is 1. The molecule has 3 N–H and O–H groups in total. The van der Waals surface area contributed by atoms with Gasteiger partial charge in [-0.3, -0.25) is 14.3 Å². The smallest absolute Gasteiger partial charge is 0.307 e. The molecule has 178 valence electrons. The highest BCUT2D eigenvalue weighted by atomic mass is 32.2. The fourth-order valence-corrected chi connectivity index (χ4v) is 4.57. The van der Waals surface area contributed by atoms with Crippen LogP contribution >= 0.6 is 0 Å². The molecule has 0 unspecified atom stereocenters. The molecular weight excluding hydrogens is 456 g/mol. The maximum atomic E-state index is 13.1. The number of rotatable bonds is 9. The Kier molecular flexibility index (Phi) is 7.57. The SMILES string of the molecule is Cc1ccccc1S(=O)(=O)Nc1cc(C(=O)NC(C)C)ccc1Oc1cccc(CC(=O)O)c1. The van der Waals surface area contributed by atoms with Crippen molar-refractivity contribution in [1.82, 2.24) is 5.32 Å². The molecule has 0 aliphatic rings. The van der Waals surface area contributed by atoms with E-state index in [1.54, 1.807) is 49.4 Å². The fraction of sp³-hybridized carbons (Fsp3) is 0.200. The summed E-state index contributed by atoms with van der Waals surface area (Å²) in [6.45, 7) is 5.33. The molecule has 9 heteroatoms. The van der Waals surface area contributed by atoms with Gasteiger partial charge >= 0.3 is 5.97 Å². The lowest BCUT2D eigenvalue weighted by Gasteiger charge is -2.16. The summed E-state index contributed by atoms with van der Waals surface area (Å²) in [5.41, 5.74) is 1.42. The standard InChI is InChI=1S/C25H26N2O6S/c1-16(2)26-25(30)19-11-12-22(33-20-9-6-8-18(13-20)14-24(28)29)21(15-19)27-34(31,32)23-10-5-4-7-17(23)3/h4-13,15-16,27H,14H2,1-3H3,(H,26,30)(H,28,29). The number of aliphatic carboxylic acids is 1. The number of amides is 1. The van der Waals surface area contributed by atoms with E-state index in [0.29, 0.717) is 16.9 Å². The molecule has 0 aliphatic heterocycles. The predicted molar refractivity (Wildman–Crippen MR) is 129 cm³/mol. The number of carboxylic acids is 1. The molecule has 0 atom stereocenters. The minimum atomic E-state index is -3.99. The normalized spacial score (nSPS) is 11.2. The van der Waals surface area contributed by atoms with Gasteiger partial charge in [0, 0.05) is 11.6 Å². The molecule has 0 bridgehead atoms. The summed E-state index contributed by atoms with van der Waals surface area (Å²) in [6, 6.07) is 17.4. The topological polar surface area (TPSA) is 122 Å². The molecular formula is C25H26N2O6S. The first kappa shape index (κ1) is 24.8. The maximum absolute atomic E-state index is 13.1. The summed E-state index contributed by atoms with van der Waals surface area (Å²) < 4.78 is 34.7. The Hall–Kier alpha value is -3.85. The largest absolute Gasteiger partial charge is 0.481 e. The van der Waals surface area contributed by atoms with Gasteiger partial charge in [0.2, 0.25) is 0 Å². The van der Waals surface area contributed by atoms with Crippen molar-refractivity contribution in [3.05, 3.63) is 83.4 Å². The number of nitrogens with one attached hydrogen (secondary N) is 2. The van der Waals surface area contributed by atoms with E-state index < -0.39 is 16.0 Å². The van der Waals surface area contributed by atoms with Crippen molar-refractivity contribution in [2.45, 2.75) is 38.1 Å². The molecule has 0 radical (unpaired) electrons. The third-order valence-corrected chi connectivity index (χ3v) is 6.30. The molecule has 1 amide bonds. The Labute approximate surface area is 198 Å². The van der Waals surface area contributed by atoms with Gasteiger partial charge < -0.3 is 15.2 Å². The van der Waals surface area contributed by atoms with Crippen LogP contribution in [0.4, 0.5) is 5.69 Å². The molecule has 34 heavy (non-hydrogen) atoms. The number of ether oxygens (including phenoxy) is 1. The van der Waals surface area contributed by atoms with Gasteiger partial charge in [-0.25, -0.2) is 8.42 Å². The van der Waals surface area contributed by atoms with Crippen LogP contribution in [-0.4, -0.2) is 31.4 Å². The first-order valence-corrected chi connectivity index (χ1v) is 12.1. The fourth-order valence-electron chi connectivity index (χ4n) is 3.26. The van der Waals surface area contributed by atoms with Crippen LogP contribution in [0, 0.1) is 6.92 Å². The number of carboxylic acid groups (broad SMARTS) is 1. The van der Waals surface area contributed by atoms with E-state index >= 15 is 0 Å². The number of carbonyl (C=O) groups is 2. The van der Waals surface area contributed by atoms with Crippen molar-refractivity contribution in [3.63, 3.8) is 0 Å². The second kappa shape index (κ2) is 10.4. The number of hydrogen-bond acceptors (Lipinski definition) is 5. The van der Waals surface area contributed by atoms with Crippen LogP contribution < -0.4 is 14.8 Å². The van der Waals surface area contributed by atoms with Gasteiger partial charge in [0.05, 0.1) is 17.0 Å². The van der Waals surface area contributed by atoms with E-state index in [4.69, 9.17) is 9.84 Å². The van der Waals surface area contributed by atoms with Gasteiger partial charge in [-0.05, 0) is 68.3 Å². The third kappa shape index (κ3) is 6.35. The number of aryl methyl sites for hydroxylation is 1. The predicted octanol–water partition coefficient (Wildman–Crippen LogP) is 4.35. The Morgan fingerprint density at radius 2 is 1.74 bits per heavy atom. The van der Waals surface area contributed by atoms with Crippen molar-refractivity contribution in [2.24, 2.45) is 0 Å². The van der Waals surface area contributed by atoms with Crippen molar-refractivity contribution < 1.29 is 27.9 Å². The van der Waals surface area contributed by atoms with E-state index in [0.717, 1.165) is 0 Å². The van der Waals surface area contributed by atoms with Gasteiger partial charge in [0.25, 0.3) is 15.9 Å². The Morgan fingerprint density at radius 3 is 2.41 bits per heavy atom. The molecule has 8 nitrogen and oxygen atoms in total. The average molecular weight is 483 g/mol. The van der Waals surface area contributed by atoms with E-state index in [-0.39, 0.29) is 40.3 Å². The monoisotopic (exact) mass is 482 g/mol. The number of sulfonamides is 1. The molecule has 0 saturated heterocycles. The minimum absolute atomic E-state index is 0.0725. The number of carbonyl (C=O) groups excluding carboxylic acids is 1. The summed E-state index contributed by atoms with van der Waals surface area (Å²) in [4.78, 5) is 23.7. The van der Waals surface area contributed by atoms with Crippen molar-refractivity contribution in [2.75, 3.05) is 4.72 Å². The molecule has 0 saturated carbocycles. The first-order chi connectivity index (χ1) is 16.0. The zero-order valence-corrected chi connectivity index (χ0v) is 19.8. The zero-order valence-electron chi connectivity index (χ0n) is 19.0. The highest BCUT2D eigenvalue weighted by Crippen LogP contribution is 2.33. The Bertz CT molecular complexity index is 1320.